The van der Waals surface area contributed by atoms with Crippen molar-refractivity contribution < 1.29 is 9.18 Å². The number of carbonyl (C=O) groups excluding carboxylic acids is 1. The monoisotopic (exact) mass is 265 g/mol. The number of hydrogen-bond acceptors (Lipinski definition) is 4. The van der Waals surface area contributed by atoms with Crippen LogP contribution in [0.15, 0.2) is 24.5 Å². The number of hydrogen-bond donors (Lipinski definition) is 1. The number of pyridine rings is 1. The number of rotatable bonds is 3. The number of thiazole rings is 1. The smallest absolute Gasteiger partial charge is 0.253 e. The lowest BCUT2D eigenvalue weighted by molar-refractivity contribution is 0.0939. The summed E-state index contributed by atoms with van der Waals surface area (Å²) in [5, 5.41) is 3.64. The van der Waals surface area contributed by atoms with Gasteiger partial charge in [0.15, 0.2) is 0 Å². The summed E-state index contributed by atoms with van der Waals surface area (Å²) >= 11 is 1.53. The van der Waals surface area contributed by atoms with Gasteiger partial charge in [0.25, 0.3) is 5.91 Å². The predicted octanol–water partition coefficient (Wildman–Crippen LogP) is 2.48. The van der Waals surface area contributed by atoms with Crippen molar-refractivity contribution >= 4 is 17.2 Å². The Balaban J connectivity index is 2.05. The number of aryl methyl sites for hydroxylation is 1. The molecule has 0 spiro atoms. The maximum absolute atomic E-state index is 12.6. The first-order chi connectivity index (χ1) is 8.56. The van der Waals surface area contributed by atoms with Crippen molar-refractivity contribution in [1.29, 1.82) is 0 Å². The molecule has 0 saturated heterocycles. The molecule has 1 unspecified atom stereocenters. The van der Waals surface area contributed by atoms with Gasteiger partial charge in [-0.2, -0.15) is 4.39 Å². The van der Waals surface area contributed by atoms with Crippen LogP contribution in [0.25, 0.3) is 0 Å². The van der Waals surface area contributed by atoms with Gasteiger partial charge < -0.3 is 5.32 Å². The van der Waals surface area contributed by atoms with Gasteiger partial charge in [-0.1, -0.05) is 0 Å². The molecule has 0 saturated carbocycles. The van der Waals surface area contributed by atoms with Gasteiger partial charge in [0, 0.05) is 17.3 Å². The first kappa shape index (κ1) is 12.6. The molecule has 18 heavy (non-hydrogen) atoms. The fraction of sp³-hybridized carbons (Fsp3) is 0.250. The molecule has 0 radical (unpaired) electrons. The van der Waals surface area contributed by atoms with Crippen molar-refractivity contribution in [1.82, 2.24) is 15.3 Å². The molecular formula is C12H12FN3OS. The van der Waals surface area contributed by atoms with Crippen molar-refractivity contribution in [2.45, 2.75) is 19.9 Å². The number of halogens is 1. The first-order valence-electron chi connectivity index (χ1n) is 5.41. The summed E-state index contributed by atoms with van der Waals surface area (Å²) in [6, 6.07) is 2.38. The minimum Gasteiger partial charge on any atom is -0.343 e. The Morgan fingerprint density at radius 2 is 2.17 bits per heavy atom. The van der Waals surface area contributed by atoms with Crippen LogP contribution in [0.2, 0.25) is 0 Å². The average molecular weight is 265 g/mol. The quantitative estimate of drug-likeness (QED) is 0.867. The standard InChI is InChI=1S/C12H12FN3OS/c1-7-5-15-12(18-7)8(2)16-11(17)9-3-4-10(13)14-6-9/h3-6,8H,1-2H3,(H,16,17). The lowest BCUT2D eigenvalue weighted by Crippen LogP contribution is -2.26. The van der Waals surface area contributed by atoms with Gasteiger partial charge in [-0.05, 0) is 26.0 Å². The van der Waals surface area contributed by atoms with Gasteiger partial charge in [-0.15, -0.1) is 11.3 Å². The second-order valence-corrected chi connectivity index (χ2v) is 5.14. The molecule has 1 atom stereocenters. The summed E-state index contributed by atoms with van der Waals surface area (Å²) in [5.41, 5.74) is 0.330. The number of nitrogens with zero attached hydrogens (tertiary/aromatic N) is 2. The van der Waals surface area contributed by atoms with E-state index in [0.717, 1.165) is 16.0 Å². The van der Waals surface area contributed by atoms with Gasteiger partial charge in [0.2, 0.25) is 5.95 Å². The second-order valence-electron chi connectivity index (χ2n) is 3.87. The molecule has 0 fully saturated rings. The van der Waals surface area contributed by atoms with E-state index in [1.807, 2.05) is 13.8 Å². The van der Waals surface area contributed by atoms with Crippen LogP contribution in [0.5, 0.6) is 0 Å². The molecule has 2 rings (SSSR count). The lowest BCUT2D eigenvalue weighted by Gasteiger charge is -2.10. The number of nitrogens with one attached hydrogen (secondary N) is 1. The average Bonchev–Trinajstić information content (AvgIpc) is 2.76. The van der Waals surface area contributed by atoms with Crippen LogP contribution in [0.3, 0.4) is 0 Å². The molecule has 2 aromatic rings. The van der Waals surface area contributed by atoms with E-state index in [2.05, 4.69) is 15.3 Å². The van der Waals surface area contributed by atoms with Gasteiger partial charge in [0.05, 0.1) is 11.6 Å². The van der Waals surface area contributed by atoms with Crippen molar-refractivity contribution in [3.05, 3.63) is 45.9 Å². The van der Waals surface area contributed by atoms with Crippen LogP contribution in [0.4, 0.5) is 4.39 Å². The highest BCUT2D eigenvalue weighted by molar-refractivity contribution is 7.11. The zero-order valence-corrected chi connectivity index (χ0v) is 10.8. The Morgan fingerprint density at radius 1 is 1.39 bits per heavy atom. The minimum absolute atomic E-state index is 0.179. The summed E-state index contributed by atoms with van der Waals surface area (Å²) in [5.74, 6) is -0.891. The van der Waals surface area contributed by atoms with Gasteiger partial charge in [-0.25, -0.2) is 9.97 Å². The van der Waals surface area contributed by atoms with E-state index in [4.69, 9.17) is 0 Å². The fourth-order valence-corrected chi connectivity index (χ4v) is 2.20. The second kappa shape index (κ2) is 5.22. The highest BCUT2D eigenvalue weighted by atomic mass is 32.1. The Labute approximate surface area is 108 Å². The maximum atomic E-state index is 12.6. The molecule has 0 aliphatic rings. The van der Waals surface area contributed by atoms with E-state index in [9.17, 15) is 9.18 Å². The highest BCUT2D eigenvalue weighted by Gasteiger charge is 2.14. The predicted molar refractivity (Wildman–Crippen MR) is 66.9 cm³/mol. The third kappa shape index (κ3) is 2.89. The third-order valence-corrected chi connectivity index (χ3v) is 3.44. The molecule has 0 aliphatic carbocycles. The molecule has 2 heterocycles. The molecule has 1 amide bonds. The molecule has 4 nitrogen and oxygen atoms in total. The van der Waals surface area contributed by atoms with Gasteiger partial charge in [-0.3, -0.25) is 4.79 Å². The number of amides is 1. The van der Waals surface area contributed by atoms with E-state index < -0.39 is 5.95 Å². The van der Waals surface area contributed by atoms with Crippen LogP contribution in [0.1, 0.15) is 33.2 Å². The SMILES string of the molecule is Cc1cnc(C(C)NC(=O)c2ccc(F)nc2)s1. The molecule has 1 N–H and O–H groups in total. The first-order valence-corrected chi connectivity index (χ1v) is 6.22. The number of carbonyl (C=O) groups is 1. The van der Waals surface area contributed by atoms with E-state index in [1.54, 1.807) is 6.20 Å². The van der Waals surface area contributed by atoms with Crippen molar-refractivity contribution in [2.24, 2.45) is 0 Å². The Bertz CT molecular complexity index is 553. The summed E-state index contributed by atoms with van der Waals surface area (Å²) in [6.07, 6.45) is 2.98. The van der Waals surface area contributed by atoms with E-state index in [1.165, 1.54) is 23.6 Å². The number of aromatic nitrogens is 2. The van der Waals surface area contributed by atoms with Crippen LogP contribution >= 0.6 is 11.3 Å². The zero-order chi connectivity index (χ0) is 13.1. The lowest BCUT2D eigenvalue weighted by atomic mass is 10.2. The van der Waals surface area contributed by atoms with E-state index >= 15 is 0 Å². The van der Waals surface area contributed by atoms with E-state index in [0.29, 0.717) is 5.56 Å². The van der Waals surface area contributed by atoms with Crippen LogP contribution in [-0.4, -0.2) is 15.9 Å². The van der Waals surface area contributed by atoms with Crippen LogP contribution < -0.4 is 5.32 Å². The largest absolute Gasteiger partial charge is 0.343 e. The van der Waals surface area contributed by atoms with Crippen LogP contribution in [-0.2, 0) is 0 Å². The topological polar surface area (TPSA) is 54.9 Å². The Kier molecular flexibility index (Phi) is 3.66. The third-order valence-electron chi connectivity index (χ3n) is 2.35. The summed E-state index contributed by atoms with van der Waals surface area (Å²) in [6.45, 7) is 3.81. The zero-order valence-electron chi connectivity index (χ0n) is 9.98. The molecule has 94 valence electrons. The summed E-state index contributed by atoms with van der Waals surface area (Å²) in [7, 11) is 0. The van der Waals surface area contributed by atoms with Crippen LogP contribution in [0, 0.1) is 12.9 Å². The minimum atomic E-state index is -0.602. The molecule has 0 aromatic carbocycles. The molecule has 0 aliphatic heterocycles. The Hall–Kier alpha value is -1.82. The fourth-order valence-electron chi connectivity index (χ4n) is 1.42. The molecule has 0 bridgehead atoms. The molecular weight excluding hydrogens is 253 g/mol. The normalized spacial score (nSPS) is 12.2. The van der Waals surface area contributed by atoms with Crippen molar-refractivity contribution in [3.8, 4) is 0 Å². The maximum Gasteiger partial charge on any atom is 0.253 e. The summed E-state index contributed by atoms with van der Waals surface area (Å²) in [4.78, 5) is 20.6. The van der Waals surface area contributed by atoms with Crippen molar-refractivity contribution in [3.63, 3.8) is 0 Å². The van der Waals surface area contributed by atoms with Gasteiger partial charge >= 0.3 is 0 Å². The summed E-state index contributed by atoms with van der Waals surface area (Å²) < 4.78 is 12.6. The molecule has 6 heteroatoms. The van der Waals surface area contributed by atoms with Crippen molar-refractivity contribution in [2.75, 3.05) is 0 Å². The van der Waals surface area contributed by atoms with Gasteiger partial charge in [0.1, 0.15) is 5.01 Å². The highest BCUT2D eigenvalue weighted by Crippen LogP contribution is 2.19. The van der Waals surface area contributed by atoms with E-state index in [-0.39, 0.29) is 11.9 Å². The Morgan fingerprint density at radius 3 is 2.72 bits per heavy atom. The molecule has 2 aromatic heterocycles.